The lowest BCUT2D eigenvalue weighted by atomic mass is 10.1. The van der Waals surface area contributed by atoms with Gasteiger partial charge in [-0.2, -0.15) is 0 Å². The van der Waals surface area contributed by atoms with Crippen LogP contribution in [0.25, 0.3) is 0 Å². The first-order valence-electron chi connectivity index (χ1n) is 18.5. The zero-order valence-electron chi connectivity index (χ0n) is 29.6. The molecule has 0 spiro atoms. The first-order chi connectivity index (χ1) is 22.6. The first kappa shape index (κ1) is 43.3. The normalized spacial score (nSPS) is 13.0. The summed E-state index contributed by atoms with van der Waals surface area (Å²) in [5.41, 5.74) is 0. The summed E-state index contributed by atoms with van der Waals surface area (Å²) in [4.78, 5) is 24.2. The third-order valence-corrected chi connectivity index (χ3v) is 7.48. The molecule has 0 amide bonds. The quantitative estimate of drug-likeness (QED) is 0.0450. The van der Waals surface area contributed by atoms with Gasteiger partial charge in [-0.05, 0) is 77.0 Å². The summed E-state index contributed by atoms with van der Waals surface area (Å²) in [7, 11) is 0. The first-order valence-corrected chi connectivity index (χ1v) is 18.5. The highest BCUT2D eigenvalue weighted by Gasteiger charge is 2.15. The van der Waals surface area contributed by atoms with E-state index in [0.29, 0.717) is 12.8 Å². The van der Waals surface area contributed by atoms with Gasteiger partial charge in [-0.25, -0.2) is 0 Å². The molecule has 0 aliphatic heterocycles. The molecule has 5 heteroatoms. The van der Waals surface area contributed by atoms with Crippen LogP contribution in [0.3, 0.4) is 0 Å². The third kappa shape index (κ3) is 34.2. The minimum Gasteiger partial charge on any atom is -0.462 e. The molecule has 0 heterocycles. The van der Waals surface area contributed by atoms with Crippen LogP contribution in [-0.2, 0) is 19.1 Å². The SMILES string of the molecule is CC/C=C\C/C=C\C/C=C\C/C=C\C/C=C\CCCC(=O)O[C@@H](CO)COC(=O)CCCCCCC/C=C\CCCCCCCC. The Hall–Kier alpha value is -2.66. The lowest BCUT2D eigenvalue weighted by Crippen LogP contribution is -2.28. The number of aliphatic hydroxyl groups is 1. The number of hydrogen-bond donors (Lipinski definition) is 1. The molecule has 0 aliphatic rings. The number of esters is 2. The van der Waals surface area contributed by atoms with E-state index in [-0.39, 0.29) is 31.6 Å². The number of aliphatic hydroxyl groups excluding tert-OH is 1. The molecule has 0 radical (unpaired) electrons. The Bertz CT molecular complexity index is 864. The number of carbonyl (C=O) groups is 2. The molecule has 1 N–H and O–H groups in total. The molecule has 0 aromatic carbocycles. The molecule has 0 unspecified atom stereocenters. The summed E-state index contributed by atoms with van der Waals surface area (Å²) in [6.07, 6.45) is 48.2. The van der Waals surface area contributed by atoms with Gasteiger partial charge in [-0.1, -0.05) is 138 Å². The van der Waals surface area contributed by atoms with Crippen molar-refractivity contribution in [2.75, 3.05) is 13.2 Å². The molecule has 5 nitrogen and oxygen atoms in total. The molecule has 0 aromatic heterocycles. The van der Waals surface area contributed by atoms with E-state index < -0.39 is 6.10 Å². The zero-order valence-corrected chi connectivity index (χ0v) is 29.6. The molecule has 0 fully saturated rings. The smallest absolute Gasteiger partial charge is 0.306 e. The van der Waals surface area contributed by atoms with Crippen LogP contribution in [-0.4, -0.2) is 36.4 Å². The van der Waals surface area contributed by atoms with Crippen LogP contribution < -0.4 is 0 Å². The summed E-state index contributed by atoms with van der Waals surface area (Å²) in [6.45, 7) is 3.94. The van der Waals surface area contributed by atoms with Crippen molar-refractivity contribution in [1.29, 1.82) is 0 Å². The molecule has 0 saturated heterocycles. The topological polar surface area (TPSA) is 72.8 Å². The molecule has 0 aliphatic carbocycles. The zero-order chi connectivity index (χ0) is 33.6. The molecule has 0 rings (SSSR count). The summed E-state index contributed by atoms with van der Waals surface area (Å²) in [6, 6.07) is 0. The van der Waals surface area contributed by atoms with Crippen molar-refractivity contribution in [3.63, 3.8) is 0 Å². The Kier molecular flexibility index (Phi) is 34.7. The van der Waals surface area contributed by atoms with E-state index >= 15 is 0 Å². The number of carbonyl (C=O) groups excluding carboxylic acids is 2. The minimum atomic E-state index is -0.806. The second-order valence-corrected chi connectivity index (χ2v) is 11.9. The molecule has 0 aromatic rings. The van der Waals surface area contributed by atoms with E-state index in [1.807, 2.05) is 0 Å². The van der Waals surface area contributed by atoms with Gasteiger partial charge in [0.1, 0.15) is 6.61 Å². The largest absolute Gasteiger partial charge is 0.462 e. The van der Waals surface area contributed by atoms with Gasteiger partial charge in [-0.15, -0.1) is 0 Å². The summed E-state index contributed by atoms with van der Waals surface area (Å²) >= 11 is 0. The molecule has 262 valence electrons. The van der Waals surface area contributed by atoms with Gasteiger partial charge in [0, 0.05) is 12.8 Å². The Balaban J connectivity index is 3.71. The predicted molar refractivity (Wildman–Crippen MR) is 196 cm³/mol. The molecule has 0 saturated carbocycles. The maximum Gasteiger partial charge on any atom is 0.306 e. The van der Waals surface area contributed by atoms with Gasteiger partial charge < -0.3 is 14.6 Å². The van der Waals surface area contributed by atoms with Crippen molar-refractivity contribution in [3.05, 3.63) is 72.9 Å². The monoisotopic (exact) mass is 641 g/mol. The van der Waals surface area contributed by atoms with E-state index in [0.717, 1.165) is 64.2 Å². The van der Waals surface area contributed by atoms with Crippen LogP contribution >= 0.6 is 0 Å². The maximum absolute atomic E-state index is 12.1. The third-order valence-electron chi connectivity index (χ3n) is 7.48. The highest BCUT2D eigenvalue weighted by molar-refractivity contribution is 5.70. The van der Waals surface area contributed by atoms with Crippen molar-refractivity contribution >= 4 is 11.9 Å². The Morgan fingerprint density at radius 3 is 1.50 bits per heavy atom. The number of rotatable bonds is 32. The van der Waals surface area contributed by atoms with Crippen LogP contribution in [0.1, 0.15) is 155 Å². The Morgan fingerprint density at radius 2 is 0.957 bits per heavy atom. The Labute approximate surface area is 283 Å². The van der Waals surface area contributed by atoms with Gasteiger partial charge in [0.25, 0.3) is 0 Å². The van der Waals surface area contributed by atoms with Gasteiger partial charge >= 0.3 is 11.9 Å². The van der Waals surface area contributed by atoms with Crippen LogP contribution in [0, 0.1) is 0 Å². The molecule has 46 heavy (non-hydrogen) atoms. The van der Waals surface area contributed by atoms with Crippen molar-refractivity contribution in [2.24, 2.45) is 0 Å². The fourth-order valence-corrected chi connectivity index (χ4v) is 4.70. The van der Waals surface area contributed by atoms with E-state index in [1.165, 1.54) is 57.8 Å². The van der Waals surface area contributed by atoms with Crippen molar-refractivity contribution < 1.29 is 24.2 Å². The van der Waals surface area contributed by atoms with E-state index in [4.69, 9.17) is 9.47 Å². The highest BCUT2D eigenvalue weighted by atomic mass is 16.6. The van der Waals surface area contributed by atoms with Crippen LogP contribution in [0.15, 0.2) is 72.9 Å². The van der Waals surface area contributed by atoms with Crippen LogP contribution in [0.4, 0.5) is 0 Å². The second kappa shape index (κ2) is 36.8. The number of unbranched alkanes of at least 4 members (excludes halogenated alkanes) is 12. The minimum absolute atomic E-state index is 0.0963. The number of hydrogen-bond acceptors (Lipinski definition) is 5. The average Bonchev–Trinajstić information content (AvgIpc) is 3.06. The Morgan fingerprint density at radius 1 is 0.522 bits per heavy atom. The molecule has 1 atom stereocenters. The lowest BCUT2D eigenvalue weighted by molar-refractivity contribution is -0.161. The van der Waals surface area contributed by atoms with Crippen LogP contribution in [0.2, 0.25) is 0 Å². The van der Waals surface area contributed by atoms with Crippen molar-refractivity contribution in [3.8, 4) is 0 Å². The van der Waals surface area contributed by atoms with E-state index in [2.05, 4.69) is 86.8 Å². The second-order valence-electron chi connectivity index (χ2n) is 11.9. The highest BCUT2D eigenvalue weighted by Crippen LogP contribution is 2.11. The summed E-state index contributed by atoms with van der Waals surface area (Å²) in [5, 5.41) is 9.52. The van der Waals surface area contributed by atoms with Crippen molar-refractivity contribution in [2.45, 2.75) is 161 Å². The standard InChI is InChI=1S/C41H68O5/c1-3-5-7-9-11-13-15-17-19-20-22-24-26-28-30-32-34-36-41(44)46-39(37-42)38-45-40(43)35-33-31-29-27-25-23-21-18-16-14-12-10-8-6-4-2/h5,7,11,13,17-19,21-22,24,28,30,39,42H,3-4,6,8-10,12,14-16,20,23,25-27,29,31-38H2,1-2H3/b7-5-,13-11-,19-17-,21-18-,24-22-,30-28-/t39-/m0/s1. The van der Waals surface area contributed by atoms with Gasteiger partial charge in [0.15, 0.2) is 6.10 Å². The molecular weight excluding hydrogens is 572 g/mol. The van der Waals surface area contributed by atoms with E-state index in [1.54, 1.807) is 0 Å². The summed E-state index contributed by atoms with van der Waals surface area (Å²) in [5.74, 6) is -0.676. The summed E-state index contributed by atoms with van der Waals surface area (Å²) < 4.78 is 10.5. The van der Waals surface area contributed by atoms with Crippen molar-refractivity contribution in [1.82, 2.24) is 0 Å². The van der Waals surface area contributed by atoms with Gasteiger partial charge in [0.05, 0.1) is 6.61 Å². The van der Waals surface area contributed by atoms with E-state index in [9.17, 15) is 14.7 Å². The number of allylic oxidation sites excluding steroid dienone is 12. The van der Waals surface area contributed by atoms with Gasteiger partial charge in [-0.3, -0.25) is 9.59 Å². The average molecular weight is 641 g/mol. The fraction of sp³-hybridized carbons (Fsp3) is 0.659. The van der Waals surface area contributed by atoms with Gasteiger partial charge in [0.2, 0.25) is 0 Å². The van der Waals surface area contributed by atoms with Crippen LogP contribution in [0.5, 0.6) is 0 Å². The molecular formula is C41H68O5. The fourth-order valence-electron chi connectivity index (χ4n) is 4.70. The molecule has 0 bridgehead atoms. The maximum atomic E-state index is 12.1. The number of ether oxygens (including phenoxy) is 2. The predicted octanol–water partition coefficient (Wildman–Crippen LogP) is 11.4. The lowest BCUT2D eigenvalue weighted by Gasteiger charge is -2.15.